The molecule has 0 saturated carbocycles. The van der Waals surface area contributed by atoms with Gasteiger partial charge in [-0.1, -0.05) is 24.6 Å². The average molecular weight is 281 g/mol. The van der Waals surface area contributed by atoms with Gasteiger partial charge in [0.2, 0.25) is 5.95 Å². The van der Waals surface area contributed by atoms with Crippen molar-refractivity contribution in [3.63, 3.8) is 0 Å². The minimum atomic E-state index is -0.422. The van der Waals surface area contributed by atoms with Gasteiger partial charge in [-0.25, -0.2) is 9.37 Å². The number of nitrogens with zero attached hydrogens (tertiary/aromatic N) is 2. The predicted molar refractivity (Wildman–Crippen MR) is 75.5 cm³/mol. The van der Waals surface area contributed by atoms with Crippen molar-refractivity contribution in [1.29, 1.82) is 0 Å². The molecule has 0 atom stereocenters. The summed E-state index contributed by atoms with van der Waals surface area (Å²) in [5.41, 5.74) is 0.212. The minimum absolute atomic E-state index is 0.212. The SMILES string of the molecule is CCCNc1nccc(Nc2c(F)cccc2Cl)n1. The highest BCUT2D eigenvalue weighted by atomic mass is 35.5. The van der Waals surface area contributed by atoms with E-state index in [0.717, 1.165) is 13.0 Å². The van der Waals surface area contributed by atoms with Crippen LogP contribution in [0.2, 0.25) is 5.02 Å². The van der Waals surface area contributed by atoms with E-state index in [1.165, 1.54) is 6.07 Å². The summed E-state index contributed by atoms with van der Waals surface area (Å²) in [6.45, 7) is 2.83. The number of nitrogens with one attached hydrogen (secondary N) is 2. The van der Waals surface area contributed by atoms with E-state index in [4.69, 9.17) is 11.6 Å². The van der Waals surface area contributed by atoms with Crippen molar-refractivity contribution in [2.24, 2.45) is 0 Å². The molecule has 1 aromatic heterocycles. The van der Waals surface area contributed by atoms with E-state index < -0.39 is 5.82 Å². The summed E-state index contributed by atoms with van der Waals surface area (Å²) in [5.74, 6) is 0.564. The summed E-state index contributed by atoms with van der Waals surface area (Å²) in [5, 5.41) is 6.23. The van der Waals surface area contributed by atoms with Gasteiger partial charge >= 0.3 is 0 Å². The summed E-state index contributed by atoms with van der Waals surface area (Å²) in [6.07, 6.45) is 2.57. The van der Waals surface area contributed by atoms with Crippen LogP contribution in [0.4, 0.5) is 21.8 Å². The molecule has 2 N–H and O–H groups in total. The van der Waals surface area contributed by atoms with Crippen molar-refractivity contribution in [3.8, 4) is 0 Å². The molecule has 2 rings (SSSR count). The number of aromatic nitrogens is 2. The number of halogens is 2. The first-order chi connectivity index (χ1) is 9.20. The van der Waals surface area contributed by atoms with Crippen LogP contribution < -0.4 is 10.6 Å². The van der Waals surface area contributed by atoms with Gasteiger partial charge in [0, 0.05) is 12.7 Å². The lowest BCUT2D eigenvalue weighted by Gasteiger charge is -2.09. The van der Waals surface area contributed by atoms with E-state index in [2.05, 4.69) is 20.6 Å². The van der Waals surface area contributed by atoms with Crippen LogP contribution in [0.5, 0.6) is 0 Å². The monoisotopic (exact) mass is 280 g/mol. The van der Waals surface area contributed by atoms with Crippen molar-refractivity contribution in [1.82, 2.24) is 9.97 Å². The van der Waals surface area contributed by atoms with Crippen LogP contribution in [0.15, 0.2) is 30.5 Å². The molecule has 6 heteroatoms. The van der Waals surface area contributed by atoms with Gasteiger partial charge < -0.3 is 10.6 Å². The smallest absolute Gasteiger partial charge is 0.224 e. The Morgan fingerprint density at radius 3 is 2.89 bits per heavy atom. The zero-order chi connectivity index (χ0) is 13.7. The number of anilines is 3. The van der Waals surface area contributed by atoms with E-state index in [1.807, 2.05) is 6.92 Å². The summed E-state index contributed by atoms with van der Waals surface area (Å²) >= 11 is 5.94. The fourth-order valence-corrected chi connectivity index (χ4v) is 1.71. The highest BCUT2D eigenvalue weighted by Crippen LogP contribution is 2.27. The maximum Gasteiger partial charge on any atom is 0.224 e. The Kier molecular flexibility index (Phi) is 4.52. The molecule has 1 heterocycles. The molecule has 0 fully saturated rings. The van der Waals surface area contributed by atoms with Gasteiger partial charge in [0.1, 0.15) is 11.6 Å². The summed E-state index contributed by atoms with van der Waals surface area (Å²) in [6, 6.07) is 6.16. The topological polar surface area (TPSA) is 49.8 Å². The molecule has 0 spiro atoms. The van der Waals surface area contributed by atoms with Crippen LogP contribution in [-0.4, -0.2) is 16.5 Å². The first kappa shape index (κ1) is 13.5. The molecular weight excluding hydrogens is 267 g/mol. The van der Waals surface area contributed by atoms with Gasteiger partial charge in [-0.05, 0) is 24.6 Å². The molecule has 0 aliphatic carbocycles. The van der Waals surface area contributed by atoms with E-state index >= 15 is 0 Å². The number of rotatable bonds is 5. The van der Waals surface area contributed by atoms with Gasteiger partial charge in [0.25, 0.3) is 0 Å². The largest absolute Gasteiger partial charge is 0.354 e. The van der Waals surface area contributed by atoms with Crippen LogP contribution in [0, 0.1) is 5.82 Å². The van der Waals surface area contributed by atoms with Crippen molar-refractivity contribution < 1.29 is 4.39 Å². The third kappa shape index (κ3) is 3.54. The fraction of sp³-hybridized carbons (Fsp3) is 0.231. The Morgan fingerprint density at radius 1 is 1.32 bits per heavy atom. The Labute approximate surface area is 116 Å². The maximum absolute atomic E-state index is 13.6. The van der Waals surface area contributed by atoms with Crippen LogP contribution in [0.1, 0.15) is 13.3 Å². The Bertz CT molecular complexity index is 542. The highest BCUT2D eigenvalue weighted by Gasteiger charge is 2.08. The zero-order valence-corrected chi connectivity index (χ0v) is 11.2. The van der Waals surface area contributed by atoms with Gasteiger partial charge in [-0.15, -0.1) is 0 Å². The first-order valence-corrected chi connectivity index (χ1v) is 6.36. The minimum Gasteiger partial charge on any atom is -0.354 e. The second-order valence-corrected chi connectivity index (χ2v) is 4.32. The molecule has 0 unspecified atom stereocenters. The summed E-state index contributed by atoms with van der Waals surface area (Å²) in [4.78, 5) is 8.30. The first-order valence-electron chi connectivity index (χ1n) is 5.98. The van der Waals surface area contributed by atoms with E-state index in [0.29, 0.717) is 16.8 Å². The molecule has 1 aromatic carbocycles. The van der Waals surface area contributed by atoms with Crippen molar-refractivity contribution in [2.45, 2.75) is 13.3 Å². The number of para-hydroxylation sites is 1. The second-order valence-electron chi connectivity index (χ2n) is 3.91. The molecule has 0 aliphatic rings. The predicted octanol–water partition coefficient (Wildman–Crippen LogP) is 3.83. The lowest BCUT2D eigenvalue weighted by Crippen LogP contribution is -2.05. The van der Waals surface area contributed by atoms with Crippen LogP contribution in [0.3, 0.4) is 0 Å². The van der Waals surface area contributed by atoms with E-state index in [1.54, 1.807) is 24.4 Å². The van der Waals surface area contributed by atoms with Crippen LogP contribution in [-0.2, 0) is 0 Å². The molecule has 0 saturated heterocycles. The number of benzene rings is 1. The highest BCUT2D eigenvalue weighted by molar-refractivity contribution is 6.33. The molecule has 0 bridgehead atoms. The Balaban J connectivity index is 2.19. The molecule has 100 valence electrons. The van der Waals surface area contributed by atoms with E-state index in [-0.39, 0.29) is 5.69 Å². The van der Waals surface area contributed by atoms with E-state index in [9.17, 15) is 4.39 Å². The lowest BCUT2D eigenvalue weighted by atomic mass is 10.3. The van der Waals surface area contributed by atoms with Gasteiger partial charge in [-0.2, -0.15) is 4.98 Å². The third-order valence-corrected chi connectivity index (χ3v) is 2.72. The second kappa shape index (κ2) is 6.33. The normalized spacial score (nSPS) is 10.3. The van der Waals surface area contributed by atoms with Crippen LogP contribution >= 0.6 is 11.6 Å². The Morgan fingerprint density at radius 2 is 2.16 bits per heavy atom. The molecule has 0 radical (unpaired) electrons. The van der Waals surface area contributed by atoms with Gasteiger partial charge in [0.05, 0.1) is 10.7 Å². The lowest BCUT2D eigenvalue weighted by molar-refractivity contribution is 0.632. The Hall–Kier alpha value is -1.88. The maximum atomic E-state index is 13.6. The quantitative estimate of drug-likeness (QED) is 0.874. The fourth-order valence-electron chi connectivity index (χ4n) is 1.50. The van der Waals surface area contributed by atoms with Gasteiger partial charge in [0.15, 0.2) is 0 Å². The molecular formula is C13H14ClFN4. The number of hydrogen-bond acceptors (Lipinski definition) is 4. The standard InChI is InChI=1S/C13H14ClFN4/c1-2-7-16-13-17-8-6-11(19-13)18-12-9(14)4-3-5-10(12)15/h3-6,8H,2,7H2,1H3,(H2,16,17,18,19). The molecule has 2 aromatic rings. The van der Waals surface area contributed by atoms with Crippen molar-refractivity contribution in [2.75, 3.05) is 17.2 Å². The number of hydrogen-bond donors (Lipinski definition) is 2. The zero-order valence-electron chi connectivity index (χ0n) is 10.5. The molecule has 0 aliphatic heterocycles. The molecule has 19 heavy (non-hydrogen) atoms. The molecule has 0 amide bonds. The van der Waals surface area contributed by atoms with Crippen molar-refractivity contribution in [3.05, 3.63) is 41.3 Å². The van der Waals surface area contributed by atoms with Crippen LogP contribution in [0.25, 0.3) is 0 Å². The summed E-state index contributed by atoms with van der Waals surface area (Å²) in [7, 11) is 0. The third-order valence-electron chi connectivity index (χ3n) is 2.40. The van der Waals surface area contributed by atoms with Gasteiger partial charge in [-0.3, -0.25) is 0 Å². The molecule has 4 nitrogen and oxygen atoms in total. The summed E-state index contributed by atoms with van der Waals surface area (Å²) < 4.78 is 13.6. The van der Waals surface area contributed by atoms with Crippen molar-refractivity contribution >= 4 is 29.1 Å². The average Bonchev–Trinajstić information content (AvgIpc) is 2.41.